The summed E-state index contributed by atoms with van der Waals surface area (Å²) in [6, 6.07) is 5.80. The molecule has 1 atom stereocenters. The zero-order chi connectivity index (χ0) is 17.9. The van der Waals surface area contributed by atoms with Crippen molar-refractivity contribution in [1.82, 2.24) is 10.6 Å². The van der Waals surface area contributed by atoms with Gasteiger partial charge in [-0.2, -0.15) is 11.8 Å². The largest absolute Gasteiger partial charge is 0.497 e. The van der Waals surface area contributed by atoms with Gasteiger partial charge in [-0.25, -0.2) is 4.79 Å². The number of carbonyl (C=O) groups excluding carboxylic acids is 3. The third-order valence-corrected chi connectivity index (χ3v) is 3.84. The molecule has 1 aromatic carbocycles. The van der Waals surface area contributed by atoms with Crippen molar-refractivity contribution in [3.63, 3.8) is 0 Å². The van der Waals surface area contributed by atoms with E-state index in [1.807, 2.05) is 6.26 Å². The topological polar surface area (TPSA) is 93.7 Å². The van der Waals surface area contributed by atoms with Crippen LogP contribution in [0, 0.1) is 0 Å². The Kier molecular flexibility index (Phi) is 8.70. The first-order chi connectivity index (χ1) is 11.5. The zero-order valence-electron chi connectivity index (χ0n) is 14.0. The van der Waals surface area contributed by atoms with E-state index in [0.29, 0.717) is 23.5 Å². The monoisotopic (exact) mass is 354 g/mol. The highest BCUT2D eigenvalue weighted by atomic mass is 32.2. The molecule has 0 bridgehead atoms. The van der Waals surface area contributed by atoms with E-state index in [1.165, 1.54) is 14.2 Å². The molecule has 0 spiro atoms. The van der Waals surface area contributed by atoms with Crippen LogP contribution in [0.15, 0.2) is 24.3 Å². The van der Waals surface area contributed by atoms with E-state index in [-0.39, 0.29) is 12.5 Å². The summed E-state index contributed by atoms with van der Waals surface area (Å²) < 4.78 is 9.68. The SMILES string of the molecule is COC(=O)[C@H](CCSC)NC(=O)CNC(=O)c1ccc(OC)cc1. The smallest absolute Gasteiger partial charge is 0.328 e. The van der Waals surface area contributed by atoms with Crippen LogP contribution in [0.4, 0.5) is 0 Å². The third kappa shape index (κ3) is 6.49. The van der Waals surface area contributed by atoms with Gasteiger partial charge < -0.3 is 20.1 Å². The average Bonchev–Trinajstić information content (AvgIpc) is 2.62. The molecule has 0 heterocycles. The number of amides is 2. The Balaban J connectivity index is 2.50. The normalized spacial score (nSPS) is 11.3. The number of hydrogen-bond acceptors (Lipinski definition) is 6. The molecule has 2 N–H and O–H groups in total. The second kappa shape index (κ2) is 10.5. The summed E-state index contributed by atoms with van der Waals surface area (Å²) in [7, 11) is 2.81. The lowest BCUT2D eigenvalue weighted by atomic mass is 10.2. The van der Waals surface area contributed by atoms with Crippen molar-refractivity contribution in [2.45, 2.75) is 12.5 Å². The van der Waals surface area contributed by atoms with Gasteiger partial charge in [0.25, 0.3) is 5.91 Å². The number of thioether (sulfide) groups is 1. The van der Waals surface area contributed by atoms with Crippen molar-refractivity contribution in [2.24, 2.45) is 0 Å². The first-order valence-corrected chi connectivity index (χ1v) is 8.69. The Bertz CT molecular complexity index is 562. The molecular formula is C16H22N2O5S. The van der Waals surface area contributed by atoms with Crippen molar-refractivity contribution in [1.29, 1.82) is 0 Å². The van der Waals surface area contributed by atoms with Crippen molar-refractivity contribution in [3.05, 3.63) is 29.8 Å². The lowest BCUT2D eigenvalue weighted by Crippen LogP contribution is -2.46. The Morgan fingerprint density at radius 1 is 1.17 bits per heavy atom. The van der Waals surface area contributed by atoms with E-state index in [1.54, 1.807) is 36.0 Å². The fourth-order valence-electron chi connectivity index (χ4n) is 1.88. The van der Waals surface area contributed by atoms with Crippen LogP contribution in [0.25, 0.3) is 0 Å². The lowest BCUT2D eigenvalue weighted by Gasteiger charge is -2.16. The summed E-state index contributed by atoms with van der Waals surface area (Å²) in [4.78, 5) is 35.5. The van der Waals surface area contributed by atoms with Crippen LogP contribution in [-0.4, -0.2) is 56.6 Å². The highest BCUT2D eigenvalue weighted by Gasteiger charge is 2.21. The van der Waals surface area contributed by atoms with Crippen molar-refractivity contribution in [3.8, 4) is 5.75 Å². The number of carbonyl (C=O) groups is 3. The van der Waals surface area contributed by atoms with Gasteiger partial charge in [0.2, 0.25) is 5.91 Å². The second-order valence-corrected chi connectivity index (χ2v) is 5.82. The summed E-state index contributed by atoms with van der Waals surface area (Å²) in [6.45, 7) is -0.225. The Labute approximate surface area is 145 Å². The minimum atomic E-state index is -0.715. The van der Waals surface area contributed by atoms with E-state index in [2.05, 4.69) is 15.4 Å². The Morgan fingerprint density at radius 3 is 2.38 bits per heavy atom. The number of methoxy groups -OCH3 is 2. The molecule has 0 aliphatic rings. The van der Waals surface area contributed by atoms with Gasteiger partial charge in [-0.05, 0) is 42.7 Å². The van der Waals surface area contributed by atoms with Crippen LogP contribution < -0.4 is 15.4 Å². The molecule has 24 heavy (non-hydrogen) atoms. The Morgan fingerprint density at radius 2 is 1.83 bits per heavy atom. The average molecular weight is 354 g/mol. The summed E-state index contributed by atoms with van der Waals surface area (Å²) in [5.74, 6) is 0.0101. The fraction of sp³-hybridized carbons (Fsp3) is 0.438. The summed E-state index contributed by atoms with van der Waals surface area (Å²) in [6.07, 6.45) is 2.37. The molecule has 0 fully saturated rings. The number of benzene rings is 1. The van der Waals surface area contributed by atoms with E-state index < -0.39 is 17.9 Å². The summed E-state index contributed by atoms with van der Waals surface area (Å²) in [5, 5.41) is 5.07. The zero-order valence-corrected chi connectivity index (χ0v) is 14.8. The summed E-state index contributed by atoms with van der Waals surface area (Å²) >= 11 is 1.56. The highest BCUT2D eigenvalue weighted by Crippen LogP contribution is 2.10. The highest BCUT2D eigenvalue weighted by molar-refractivity contribution is 7.98. The lowest BCUT2D eigenvalue weighted by molar-refractivity contribution is -0.145. The number of nitrogens with one attached hydrogen (secondary N) is 2. The first-order valence-electron chi connectivity index (χ1n) is 7.30. The van der Waals surface area contributed by atoms with Gasteiger partial charge in [-0.3, -0.25) is 9.59 Å². The molecule has 8 heteroatoms. The molecular weight excluding hydrogens is 332 g/mol. The van der Waals surface area contributed by atoms with E-state index >= 15 is 0 Å². The third-order valence-electron chi connectivity index (χ3n) is 3.19. The fourth-order valence-corrected chi connectivity index (χ4v) is 2.35. The molecule has 0 saturated carbocycles. The predicted molar refractivity (Wildman–Crippen MR) is 92.3 cm³/mol. The van der Waals surface area contributed by atoms with Crippen LogP contribution in [0.2, 0.25) is 0 Å². The van der Waals surface area contributed by atoms with Gasteiger partial charge in [0, 0.05) is 5.56 Å². The maximum atomic E-state index is 12.0. The molecule has 0 aromatic heterocycles. The molecule has 0 saturated heterocycles. The van der Waals surface area contributed by atoms with Crippen LogP contribution >= 0.6 is 11.8 Å². The minimum Gasteiger partial charge on any atom is -0.497 e. The molecule has 0 unspecified atom stereocenters. The maximum absolute atomic E-state index is 12.0. The van der Waals surface area contributed by atoms with Crippen LogP contribution in [0.1, 0.15) is 16.8 Å². The van der Waals surface area contributed by atoms with Crippen molar-refractivity contribution in [2.75, 3.05) is 32.8 Å². The minimum absolute atomic E-state index is 0.225. The van der Waals surface area contributed by atoms with E-state index in [9.17, 15) is 14.4 Å². The molecule has 0 radical (unpaired) electrons. The van der Waals surface area contributed by atoms with Gasteiger partial charge in [0.1, 0.15) is 11.8 Å². The van der Waals surface area contributed by atoms with Crippen LogP contribution in [0.3, 0.4) is 0 Å². The molecule has 0 aliphatic carbocycles. The van der Waals surface area contributed by atoms with Crippen molar-refractivity contribution < 1.29 is 23.9 Å². The number of rotatable bonds is 9. The number of esters is 1. The first kappa shape index (κ1) is 19.8. The van der Waals surface area contributed by atoms with Gasteiger partial charge in [-0.15, -0.1) is 0 Å². The predicted octanol–water partition coefficient (Wildman–Crippen LogP) is 0.836. The molecule has 0 aliphatic heterocycles. The van der Waals surface area contributed by atoms with Gasteiger partial charge in [-0.1, -0.05) is 0 Å². The molecule has 1 rings (SSSR count). The second-order valence-electron chi connectivity index (χ2n) is 4.84. The standard InChI is InChI=1S/C16H22N2O5S/c1-22-12-6-4-11(5-7-12)15(20)17-10-14(19)18-13(8-9-24-3)16(21)23-2/h4-7,13H,8-10H2,1-3H3,(H,17,20)(H,18,19)/t13-/m0/s1. The molecule has 132 valence electrons. The van der Waals surface area contributed by atoms with Gasteiger partial charge >= 0.3 is 5.97 Å². The Hall–Kier alpha value is -2.22. The molecule has 2 amide bonds. The van der Waals surface area contributed by atoms with Crippen molar-refractivity contribution >= 4 is 29.5 Å². The molecule has 7 nitrogen and oxygen atoms in total. The van der Waals surface area contributed by atoms with Crippen LogP contribution in [-0.2, 0) is 14.3 Å². The van der Waals surface area contributed by atoms with E-state index in [0.717, 1.165) is 0 Å². The number of ether oxygens (including phenoxy) is 2. The quantitative estimate of drug-likeness (QED) is 0.638. The number of hydrogen-bond donors (Lipinski definition) is 2. The van der Waals surface area contributed by atoms with Gasteiger partial charge in [0.15, 0.2) is 0 Å². The van der Waals surface area contributed by atoms with Gasteiger partial charge in [0.05, 0.1) is 20.8 Å². The maximum Gasteiger partial charge on any atom is 0.328 e. The van der Waals surface area contributed by atoms with E-state index in [4.69, 9.17) is 4.74 Å². The van der Waals surface area contributed by atoms with Crippen LogP contribution in [0.5, 0.6) is 5.75 Å². The summed E-state index contributed by atoms with van der Waals surface area (Å²) in [5.41, 5.74) is 0.413. The molecule has 1 aromatic rings.